The largest absolute Gasteiger partial charge is 0.259 e. The summed E-state index contributed by atoms with van der Waals surface area (Å²) in [7, 11) is 0. The van der Waals surface area contributed by atoms with Crippen LogP contribution in [0.2, 0.25) is 0 Å². The highest BCUT2D eigenvalue weighted by molar-refractivity contribution is 7.98. The van der Waals surface area contributed by atoms with Gasteiger partial charge in [0.2, 0.25) is 0 Å². The number of benzene rings is 1. The monoisotopic (exact) mass is 231 g/mol. The van der Waals surface area contributed by atoms with E-state index in [1.54, 1.807) is 0 Å². The average molecular weight is 231 g/mol. The fourth-order valence-electron chi connectivity index (χ4n) is 1.03. The van der Waals surface area contributed by atoms with Gasteiger partial charge in [0.1, 0.15) is 11.6 Å². The SMILES string of the molecule is CC(C)(C)SNCc1c(F)cccc1F. The van der Waals surface area contributed by atoms with Crippen LogP contribution in [0, 0.1) is 11.6 Å². The molecule has 0 unspecified atom stereocenters. The molecule has 4 heteroatoms. The summed E-state index contributed by atoms with van der Waals surface area (Å²) in [5.74, 6) is -1.01. The van der Waals surface area contributed by atoms with Crippen molar-refractivity contribution >= 4 is 11.9 Å². The van der Waals surface area contributed by atoms with Crippen molar-refractivity contribution in [2.75, 3.05) is 0 Å². The van der Waals surface area contributed by atoms with E-state index < -0.39 is 11.6 Å². The molecule has 0 aliphatic rings. The van der Waals surface area contributed by atoms with Gasteiger partial charge in [-0.15, -0.1) is 0 Å². The maximum atomic E-state index is 13.2. The van der Waals surface area contributed by atoms with Crippen LogP contribution in [0.15, 0.2) is 18.2 Å². The van der Waals surface area contributed by atoms with Crippen LogP contribution >= 0.6 is 11.9 Å². The van der Waals surface area contributed by atoms with Crippen LogP contribution < -0.4 is 4.72 Å². The Morgan fingerprint density at radius 2 is 1.73 bits per heavy atom. The van der Waals surface area contributed by atoms with E-state index in [9.17, 15) is 8.78 Å². The maximum Gasteiger partial charge on any atom is 0.130 e. The van der Waals surface area contributed by atoms with Crippen molar-refractivity contribution in [3.8, 4) is 0 Å². The lowest BCUT2D eigenvalue weighted by molar-refractivity contribution is 0.553. The minimum Gasteiger partial charge on any atom is -0.259 e. The number of hydrogen-bond donors (Lipinski definition) is 1. The van der Waals surface area contributed by atoms with Crippen molar-refractivity contribution < 1.29 is 8.78 Å². The molecule has 1 nitrogen and oxygen atoms in total. The van der Waals surface area contributed by atoms with E-state index >= 15 is 0 Å². The first kappa shape index (κ1) is 12.5. The van der Waals surface area contributed by atoms with Gasteiger partial charge in [-0.25, -0.2) is 8.78 Å². The molecule has 0 atom stereocenters. The van der Waals surface area contributed by atoms with E-state index in [0.717, 1.165) is 0 Å². The van der Waals surface area contributed by atoms with E-state index in [-0.39, 0.29) is 16.9 Å². The number of nitrogens with one attached hydrogen (secondary N) is 1. The predicted octanol–water partition coefficient (Wildman–Crippen LogP) is 3.50. The predicted molar refractivity (Wildman–Crippen MR) is 60.5 cm³/mol. The highest BCUT2D eigenvalue weighted by Gasteiger charge is 2.12. The Bertz CT molecular complexity index is 314. The minimum absolute atomic E-state index is 0.0295. The van der Waals surface area contributed by atoms with Crippen LogP contribution in [-0.2, 0) is 6.54 Å². The van der Waals surface area contributed by atoms with Gasteiger partial charge in [-0.3, -0.25) is 4.72 Å². The normalized spacial score (nSPS) is 11.8. The third-order valence-corrected chi connectivity index (χ3v) is 2.59. The molecule has 0 aliphatic heterocycles. The Morgan fingerprint density at radius 1 is 1.20 bits per heavy atom. The lowest BCUT2D eigenvalue weighted by Gasteiger charge is -2.17. The van der Waals surface area contributed by atoms with Crippen LogP contribution in [0.3, 0.4) is 0 Å². The molecule has 0 radical (unpaired) electrons. The van der Waals surface area contributed by atoms with Crippen molar-refractivity contribution in [1.82, 2.24) is 4.72 Å². The second kappa shape index (κ2) is 4.94. The van der Waals surface area contributed by atoms with Crippen molar-refractivity contribution in [3.05, 3.63) is 35.4 Å². The van der Waals surface area contributed by atoms with Crippen molar-refractivity contribution in [1.29, 1.82) is 0 Å². The number of hydrogen-bond acceptors (Lipinski definition) is 2. The summed E-state index contributed by atoms with van der Waals surface area (Å²) in [6.07, 6.45) is 0. The van der Waals surface area contributed by atoms with E-state index in [4.69, 9.17) is 0 Å². The van der Waals surface area contributed by atoms with Gasteiger partial charge < -0.3 is 0 Å². The first-order chi connectivity index (χ1) is 6.90. The lowest BCUT2D eigenvalue weighted by atomic mass is 10.2. The standard InChI is InChI=1S/C11H15F2NS/c1-11(2,3)15-14-7-8-9(12)5-4-6-10(8)13/h4-6,14H,7H2,1-3H3. The zero-order valence-electron chi connectivity index (χ0n) is 9.10. The van der Waals surface area contributed by atoms with Gasteiger partial charge in [-0.1, -0.05) is 18.0 Å². The van der Waals surface area contributed by atoms with Crippen LogP contribution in [0.5, 0.6) is 0 Å². The topological polar surface area (TPSA) is 12.0 Å². The Morgan fingerprint density at radius 3 is 2.20 bits per heavy atom. The third-order valence-electron chi connectivity index (χ3n) is 1.69. The highest BCUT2D eigenvalue weighted by Crippen LogP contribution is 2.21. The highest BCUT2D eigenvalue weighted by atomic mass is 32.2. The van der Waals surface area contributed by atoms with Crippen LogP contribution in [0.1, 0.15) is 26.3 Å². The van der Waals surface area contributed by atoms with Crippen LogP contribution in [0.4, 0.5) is 8.78 Å². The molecular weight excluding hydrogens is 216 g/mol. The Balaban J connectivity index is 2.58. The minimum atomic E-state index is -0.503. The summed E-state index contributed by atoms with van der Waals surface area (Å²) in [6, 6.07) is 3.90. The van der Waals surface area contributed by atoms with E-state index in [1.807, 2.05) is 20.8 Å². The van der Waals surface area contributed by atoms with Crippen LogP contribution in [-0.4, -0.2) is 4.75 Å². The smallest absolute Gasteiger partial charge is 0.130 e. The zero-order valence-corrected chi connectivity index (χ0v) is 9.92. The van der Waals surface area contributed by atoms with Crippen LogP contribution in [0.25, 0.3) is 0 Å². The molecule has 15 heavy (non-hydrogen) atoms. The molecule has 0 amide bonds. The lowest BCUT2D eigenvalue weighted by Crippen LogP contribution is -2.17. The molecule has 0 spiro atoms. The first-order valence-corrected chi connectivity index (χ1v) is 5.55. The molecule has 1 rings (SSSR count). The molecule has 0 saturated carbocycles. The van der Waals surface area contributed by atoms with E-state index in [1.165, 1.54) is 30.1 Å². The molecule has 0 fully saturated rings. The van der Waals surface area contributed by atoms with Crippen molar-refractivity contribution in [2.45, 2.75) is 32.1 Å². The second-order valence-corrected chi connectivity index (χ2v) is 5.95. The fraction of sp³-hybridized carbons (Fsp3) is 0.455. The molecule has 0 heterocycles. The quantitative estimate of drug-likeness (QED) is 0.799. The first-order valence-electron chi connectivity index (χ1n) is 4.74. The van der Waals surface area contributed by atoms with Gasteiger partial charge in [0.15, 0.2) is 0 Å². The van der Waals surface area contributed by atoms with Gasteiger partial charge in [0, 0.05) is 16.9 Å². The van der Waals surface area contributed by atoms with Crippen molar-refractivity contribution in [3.63, 3.8) is 0 Å². The van der Waals surface area contributed by atoms with E-state index in [0.29, 0.717) is 0 Å². The Labute approximate surface area is 93.4 Å². The second-order valence-electron chi connectivity index (χ2n) is 4.24. The van der Waals surface area contributed by atoms with Gasteiger partial charge in [-0.05, 0) is 32.9 Å². The zero-order chi connectivity index (χ0) is 11.5. The molecule has 0 aliphatic carbocycles. The summed E-state index contributed by atoms with van der Waals surface area (Å²) in [4.78, 5) is 0. The number of rotatable bonds is 3. The Hall–Kier alpha value is -0.610. The van der Waals surface area contributed by atoms with Gasteiger partial charge in [-0.2, -0.15) is 0 Å². The van der Waals surface area contributed by atoms with Crippen molar-refractivity contribution in [2.24, 2.45) is 0 Å². The Kier molecular flexibility index (Phi) is 4.11. The molecule has 1 N–H and O–H groups in total. The fourth-order valence-corrected chi connectivity index (χ4v) is 1.68. The molecule has 84 valence electrons. The molecule has 0 aromatic heterocycles. The molecule has 0 bridgehead atoms. The number of halogens is 2. The summed E-state index contributed by atoms with van der Waals surface area (Å²) in [6.45, 7) is 6.29. The molecular formula is C11H15F2NS. The summed E-state index contributed by atoms with van der Waals surface area (Å²) in [5.41, 5.74) is 0.0919. The summed E-state index contributed by atoms with van der Waals surface area (Å²) in [5, 5.41) is 0. The van der Waals surface area contributed by atoms with Gasteiger partial charge in [0.25, 0.3) is 0 Å². The molecule has 1 aromatic rings. The van der Waals surface area contributed by atoms with Gasteiger partial charge >= 0.3 is 0 Å². The van der Waals surface area contributed by atoms with E-state index in [2.05, 4.69) is 4.72 Å². The maximum absolute atomic E-state index is 13.2. The summed E-state index contributed by atoms with van der Waals surface area (Å²) < 4.78 is 29.4. The molecule has 0 saturated heterocycles. The van der Waals surface area contributed by atoms with Gasteiger partial charge in [0.05, 0.1) is 0 Å². The third kappa shape index (κ3) is 4.18. The average Bonchev–Trinajstić information content (AvgIpc) is 2.08. The summed E-state index contributed by atoms with van der Waals surface area (Å²) >= 11 is 1.46. The molecule has 1 aromatic carbocycles.